The fourth-order valence-electron chi connectivity index (χ4n) is 7.68. The second-order valence-electron chi connectivity index (χ2n) is 14.9. The number of aliphatic imine (C=N–C) groups is 2. The second-order valence-corrected chi connectivity index (χ2v) is 14.9. The molecule has 0 radical (unpaired) electrons. The summed E-state index contributed by atoms with van der Waals surface area (Å²) in [6.07, 6.45) is 2.78. The van der Waals surface area contributed by atoms with Gasteiger partial charge in [0.1, 0.15) is 23.0 Å². The highest BCUT2D eigenvalue weighted by Gasteiger charge is 2.29. The molecule has 6 aromatic rings. The quantitative estimate of drug-likeness (QED) is 0.0627. The van der Waals surface area contributed by atoms with Gasteiger partial charge < -0.3 is 40.1 Å². The summed E-state index contributed by atoms with van der Waals surface area (Å²) >= 11 is 0. The first kappa shape index (κ1) is 39.3. The number of phenols is 6. The number of hydrogen-bond donors (Lipinski definition) is 6. The predicted octanol–water partition coefficient (Wildman–Crippen LogP) is 10.9. The number of aromatic hydroxyl groups is 6. The number of benzene rings is 6. The number of phenolic OH excluding ortho intramolecular Hbond substituents is 6. The van der Waals surface area contributed by atoms with E-state index in [0.29, 0.717) is 55.9 Å². The van der Waals surface area contributed by atoms with Gasteiger partial charge >= 0.3 is 0 Å². The summed E-state index contributed by atoms with van der Waals surface area (Å²) in [5, 5.41) is 72.1. The van der Waals surface area contributed by atoms with E-state index in [1.165, 1.54) is 12.4 Å². The van der Waals surface area contributed by atoms with Crippen LogP contribution >= 0.6 is 0 Å². The molecule has 0 heterocycles. The minimum Gasteiger partial charge on any atom is -0.507 e. The van der Waals surface area contributed by atoms with E-state index in [2.05, 4.69) is 9.98 Å². The lowest BCUT2D eigenvalue weighted by Gasteiger charge is -2.23. The van der Waals surface area contributed by atoms with Crippen LogP contribution in [0.25, 0.3) is 32.7 Å². The Hall–Kier alpha value is -6.42. The van der Waals surface area contributed by atoms with E-state index >= 15 is 0 Å². The third-order valence-corrected chi connectivity index (χ3v) is 10.5. The van der Waals surface area contributed by atoms with E-state index in [0.717, 1.165) is 11.1 Å². The molecule has 0 fully saturated rings. The number of methoxy groups -OCH3 is 2. The van der Waals surface area contributed by atoms with Gasteiger partial charge in [0.15, 0.2) is 23.0 Å². The molecule has 0 aliphatic heterocycles. The Morgan fingerprint density at radius 3 is 1.16 bits per heavy atom. The van der Waals surface area contributed by atoms with Crippen molar-refractivity contribution in [2.75, 3.05) is 14.2 Å². The molecule has 0 unspecified atom stereocenters. The summed E-state index contributed by atoms with van der Waals surface area (Å²) in [7, 11) is 3.13. The molecule has 0 amide bonds. The first-order valence-electron chi connectivity index (χ1n) is 18.4. The lowest BCUT2D eigenvalue weighted by molar-refractivity contribution is 0.398. The van der Waals surface area contributed by atoms with E-state index < -0.39 is 11.5 Å². The summed E-state index contributed by atoms with van der Waals surface area (Å²) in [5.41, 5.74) is 5.55. The largest absolute Gasteiger partial charge is 0.507 e. The van der Waals surface area contributed by atoms with E-state index in [1.807, 2.05) is 65.8 Å². The molecular formula is C46H48N2O8. The first-order valence-corrected chi connectivity index (χ1v) is 18.4. The highest BCUT2D eigenvalue weighted by atomic mass is 16.5. The summed E-state index contributed by atoms with van der Waals surface area (Å²) in [6.45, 7) is 14.9. The normalized spacial score (nSPS) is 12.0. The maximum atomic E-state index is 12.4. The molecular weight excluding hydrogens is 709 g/mol. The topological polar surface area (TPSA) is 165 Å². The van der Waals surface area contributed by atoms with Crippen LogP contribution in [-0.2, 0) is 0 Å². The SMILES string of the molecule is COc1cc(N=Cc2c(O)c(O)c(C(C)C)c3cc(C)c(-c4c(C)cc5c(C(C)C)c(O)c(O)c(C=Nc6ccc(C)c(OC)c6)c5c4O)c(O)c23)ccc1C. The molecule has 6 N–H and O–H groups in total. The number of nitrogens with zero attached hydrogens (tertiary/aromatic N) is 2. The summed E-state index contributed by atoms with van der Waals surface area (Å²) in [4.78, 5) is 9.20. The lowest BCUT2D eigenvalue weighted by Crippen LogP contribution is -2.01. The summed E-state index contributed by atoms with van der Waals surface area (Å²) in [5.74, 6) is -1.33. The van der Waals surface area contributed by atoms with Gasteiger partial charge in [-0.15, -0.1) is 0 Å². The van der Waals surface area contributed by atoms with Gasteiger partial charge in [0, 0.05) is 57.6 Å². The van der Waals surface area contributed by atoms with Gasteiger partial charge in [0.05, 0.1) is 36.7 Å². The summed E-state index contributed by atoms with van der Waals surface area (Å²) in [6, 6.07) is 14.4. The van der Waals surface area contributed by atoms with Crippen molar-refractivity contribution in [3.63, 3.8) is 0 Å². The van der Waals surface area contributed by atoms with Crippen LogP contribution in [0.5, 0.6) is 46.0 Å². The van der Waals surface area contributed by atoms with Crippen LogP contribution in [0.1, 0.15) is 84.0 Å². The van der Waals surface area contributed by atoms with Crippen LogP contribution in [0, 0.1) is 27.7 Å². The van der Waals surface area contributed by atoms with Crippen molar-refractivity contribution in [3.05, 3.63) is 93.0 Å². The Morgan fingerprint density at radius 1 is 0.482 bits per heavy atom. The first-order chi connectivity index (χ1) is 26.5. The molecule has 0 atom stereocenters. The maximum Gasteiger partial charge on any atom is 0.167 e. The van der Waals surface area contributed by atoms with Gasteiger partial charge in [0.2, 0.25) is 0 Å². The maximum absolute atomic E-state index is 12.4. The van der Waals surface area contributed by atoms with Gasteiger partial charge in [-0.3, -0.25) is 9.98 Å². The molecule has 0 saturated heterocycles. The van der Waals surface area contributed by atoms with Crippen LogP contribution in [0.2, 0.25) is 0 Å². The van der Waals surface area contributed by atoms with Gasteiger partial charge in [0.25, 0.3) is 0 Å². The van der Waals surface area contributed by atoms with Crippen molar-refractivity contribution < 1.29 is 40.1 Å². The van der Waals surface area contributed by atoms with Crippen molar-refractivity contribution in [1.82, 2.24) is 0 Å². The van der Waals surface area contributed by atoms with Gasteiger partial charge in [-0.2, -0.15) is 0 Å². The standard InChI is InChI=1S/C46H48N2O8/c1-21(2)35-29-15-25(7)37(43(51)39(29)31(41(49)45(35)53)19-47-27-13-11-23(5)33(17-27)55-9)38-26(8)16-30-36(22(3)4)46(54)42(50)32(40(30)44(38)52)20-48-28-14-12-24(6)34(18-28)56-10/h11-22,49-54H,1-10H3. The zero-order valence-corrected chi connectivity index (χ0v) is 33.3. The fourth-order valence-corrected chi connectivity index (χ4v) is 7.68. The lowest BCUT2D eigenvalue weighted by atomic mass is 9.83. The molecule has 0 bridgehead atoms. The van der Waals surface area contributed by atoms with Crippen molar-refractivity contribution in [3.8, 4) is 57.1 Å². The Morgan fingerprint density at radius 2 is 0.839 bits per heavy atom. The number of fused-ring (bicyclic) bond motifs is 2. The van der Waals surface area contributed by atoms with Crippen LogP contribution in [-0.4, -0.2) is 57.3 Å². The smallest absolute Gasteiger partial charge is 0.167 e. The average molecular weight is 757 g/mol. The molecule has 6 aromatic carbocycles. The van der Waals surface area contributed by atoms with E-state index in [-0.39, 0.29) is 67.9 Å². The van der Waals surface area contributed by atoms with Crippen LogP contribution in [0.3, 0.4) is 0 Å². The number of ether oxygens (including phenoxy) is 2. The number of hydrogen-bond acceptors (Lipinski definition) is 10. The number of rotatable bonds is 9. The van der Waals surface area contributed by atoms with E-state index in [9.17, 15) is 30.6 Å². The molecule has 0 spiro atoms. The highest BCUT2D eigenvalue weighted by molar-refractivity contribution is 6.15. The molecule has 0 aliphatic rings. The van der Waals surface area contributed by atoms with Crippen LogP contribution in [0.15, 0.2) is 58.5 Å². The second kappa shape index (κ2) is 15.0. The Labute approximate surface area is 326 Å². The third-order valence-electron chi connectivity index (χ3n) is 10.5. The van der Waals surface area contributed by atoms with Crippen molar-refractivity contribution in [2.24, 2.45) is 9.98 Å². The molecule has 290 valence electrons. The van der Waals surface area contributed by atoms with Gasteiger partial charge in [-0.1, -0.05) is 52.0 Å². The fraction of sp³-hybridized carbons (Fsp3) is 0.261. The predicted molar refractivity (Wildman–Crippen MR) is 225 cm³/mol. The van der Waals surface area contributed by atoms with E-state index in [1.54, 1.807) is 52.3 Å². The molecule has 0 saturated carbocycles. The summed E-state index contributed by atoms with van der Waals surface area (Å²) < 4.78 is 10.9. The zero-order valence-electron chi connectivity index (χ0n) is 33.3. The Balaban J connectivity index is 1.70. The zero-order chi connectivity index (χ0) is 40.9. The molecule has 0 aromatic heterocycles. The molecule has 56 heavy (non-hydrogen) atoms. The average Bonchev–Trinajstić information content (AvgIpc) is 3.14. The molecule has 0 aliphatic carbocycles. The van der Waals surface area contributed by atoms with Gasteiger partial charge in [-0.05, 0) is 84.7 Å². The number of aryl methyl sites for hydroxylation is 4. The minimum atomic E-state index is -0.457. The third kappa shape index (κ3) is 6.55. The van der Waals surface area contributed by atoms with Crippen molar-refractivity contribution >= 4 is 45.3 Å². The Bertz CT molecular complexity index is 2440. The molecule has 10 heteroatoms. The van der Waals surface area contributed by atoms with Gasteiger partial charge in [-0.25, -0.2) is 0 Å². The molecule has 6 rings (SSSR count). The van der Waals surface area contributed by atoms with E-state index in [4.69, 9.17) is 9.47 Å². The monoisotopic (exact) mass is 756 g/mol. The molecule has 10 nitrogen and oxygen atoms in total. The van der Waals surface area contributed by atoms with Crippen LogP contribution < -0.4 is 9.47 Å². The van der Waals surface area contributed by atoms with Crippen molar-refractivity contribution in [2.45, 2.75) is 67.2 Å². The Kier molecular flexibility index (Phi) is 10.5. The van der Waals surface area contributed by atoms with Crippen LogP contribution in [0.4, 0.5) is 11.4 Å². The minimum absolute atomic E-state index is 0.0733. The van der Waals surface area contributed by atoms with Crippen molar-refractivity contribution in [1.29, 1.82) is 0 Å². The highest BCUT2D eigenvalue weighted by Crippen LogP contribution is 2.54.